The van der Waals surface area contributed by atoms with Gasteiger partial charge in [-0.05, 0) is 48.7 Å². The zero-order valence-corrected chi connectivity index (χ0v) is 25.6. The van der Waals surface area contributed by atoms with Gasteiger partial charge in [0.05, 0.1) is 11.4 Å². The van der Waals surface area contributed by atoms with Gasteiger partial charge in [0.2, 0.25) is 6.79 Å². The maximum Gasteiger partial charge on any atom is 0.387 e. The Balaban J connectivity index is 1.42. The van der Waals surface area contributed by atoms with E-state index in [-0.39, 0.29) is 12.5 Å². The van der Waals surface area contributed by atoms with Crippen LogP contribution in [0.4, 0.5) is 8.78 Å². The SMILES string of the molecule is CCCCn1c(-c2ccccc2)nc(-c2ccc(C)cc2)c1CN(Cc1ccc(OC(F)F)cc1)Cc1ccc2c(c1)OCO2. The number of hydrogen-bond donors (Lipinski definition) is 0. The third-order valence-corrected chi connectivity index (χ3v) is 7.94. The molecule has 232 valence electrons. The van der Waals surface area contributed by atoms with Gasteiger partial charge in [-0.2, -0.15) is 8.78 Å². The Bertz CT molecular complexity index is 1700. The number of alkyl halides is 2. The van der Waals surface area contributed by atoms with E-state index in [9.17, 15) is 8.78 Å². The molecule has 2 heterocycles. The van der Waals surface area contributed by atoms with Gasteiger partial charge in [0.15, 0.2) is 11.5 Å². The summed E-state index contributed by atoms with van der Waals surface area (Å²) in [4.78, 5) is 7.65. The molecule has 6 rings (SSSR count). The minimum Gasteiger partial charge on any atom is -0.454 e. The standard InChI is InChI=1S/C37H37F2N3O3/c1-3-4-20-42-32(35(29-15-10-26(2)11-16-29)40-36(42)30-8-6-5-7-9-30)24-41(22-27-12-17-31(18-13-27)45-37(38)39)23-28-14-19-33-34(21-28)44-25-43-33/h5-19,21,37H,3-4,20,22-25H2,1-2H3. The Hall–Kier alpha value is -4.69. The lowest BCUT2D eigenvalue weighted by Crippen LogP contribution is -2.24. The highest BCUT2D eigenvalue weighted by molar-refractivity contribution is 5.68. The van der Waals surface area contributed by atoms with Gasteiger partial charge >= 0.3 is 6.61 Å². The molecule has 0 radical (unpaired) electrons. The Morgan fingerprint density at radius 1 is 0.822 bits per heavy atom. The first-order chi connectivity index (χ1) is 22.0. The van der Waals surface area contributed by atoms with E-state index < -0.39 is 6.61 Å². The van der Waals surface area contributed by atoms with Crippen LogP contribution in [0.5, 0.6) is 17.2 Å². The fraction of sp³-hybridized carbons (Fsp3) is 0.270. The van der Waals surface area contributed by atoms with Gasteiger partial charge in [0.25, 0.3) is 0 Å². The first-order valence-corrected chi connectivity index (χ1v) is 15.3. The van der Waals surface area contributed by atoms with Gasteiger partial charge in [-0.25, -0.2) is 4.98 Å². The fourth-order valence-corrected chi connectivity index (χ4v) is 5.67. The molecule has 0 aliphatic carbocycles. The summed E-state index contributed by atoms with van der Waals surface area (Å²) in [6, 6.07) is 31.8. The summed E-state index contributed by atoms with van der Waals surface area (Å²) in [5.74, 6) is 2.57. The maximum atomic E-state index is 12.8. The topological polar surface area (TPSA) is 48.8 Å². The summed E-state index contributed by atoms with van der Waals surface area (Å²) in [6.45, 7) is 4.30. The molecule has 45 heavy (non-hydrogen) atoms. The predicted molar refractivity (Wildman–Crippen MR) is 171 cm³/mol. The number of hydrogen-bond acceptors (Lipinski definition) is 5. The van der Waals surface area contributed by atoms with Crippen molar-refractivity contribution in [2.75, 3.05) is 6.79 Å². The van der Waals surface area contributed by atoms with Crippen LogP contribution in [0.2, 0.25) is 0 Å². The number of benzene rings is 4. The minimum atomic E-state index is -2.86. The molecule has 4 aromatic carbocycles. The molecular formula is C37H37F2N3O3. The number of unbranched alkanes of at least 4 members (excludes halogenated alkanes) is 1. The summed E-state index contributed by atoms with van der Waals surface area (Å²) >= 11 is 0. The number of halogens is 2. The number of imidazole rings is 1. The zero-order valence-electron chi connectivity index (χ0n) is 25.6. The molecule has 1 aliphatic rings. The van der Waals surface area contributed by atoms with Crippen LogP contribution in [0.3, 0.4) is 0 Å². The van der Waals surface area contributed by atoms with E-state index in [1.165, 1.54) is 5.56 Å². The van der Waals surface area contributed by atoms with Crippen LogP contribution >= 0.6 is 0 Å². The largest absolute Gasteiger partial charge is 0.454 e. The van der Waals surface area contributed by atoms with E-state index in [1.54, 1.807) is 12.1 Å². The third-order valence-electron chi connectivity index (χ3n) is 7.94. The molecule has 0 unspecified atom stereocenters. The molecule has 0 bridgehead atoms. The molecule has 0 amide bonds. The Morgan fingerprint density at radius 2 is 1.53 bits per heavy atom. The molecule has 1 aliphatic heterocycles. The first-order valence-electron chi connectivity index (χ1n) is 15.3. The molecule has 0 spiro atoms. The number of fused-ring (bicyclic) bond motifs is 1. The molecule has 0 fully saturated rings. The number of ether oxygens (including phenoxy) is 3. The van der Waals surface area contributed by atoms with Crippen molar-refractivity contribution in [2.24, 2.45) is 0 Å². The van der Waals surface area contributed by atoms with Gasteiger partial charge in [0.1, 0.15) is 11.6 Å². The minimum absolute atomic E-state index is 0.142. The quantitative estimate of drug-likeness (QED) is 0.133. The monoisotopic (exact) mass is 609 g/mol. The maximum absolute atomic E-state index is 12.8. The molecule has 5 aromatic rings. The van der Waals surface area contributed by atoms with E-state index in [0.717, 1.165) is 70.4 Å². The van der Waals surface area contributed by atoms with E-state index in [4.69, 9.17) is 14.5 Å². The van der Waals surface area contributed by atoms with Gasteiger partial charge in [-0.15, -0.1) is 0 Å². The Kier molecular flexibility index (Phi) is 9.41. The molecule has 6 nitrogen and oxygen atoms in total. The van der Waals surface area contributed by atoms with Crippen LogP contribution < -0.4 is 14.2 Å². The van der Waals surface area contributed by atoms with Crippen molar-refractivity contribution in [1.29, 1.82) is 0 Å². The van der Waals surface area contributed by atoms with Gasteiger partial charge in [-0.3, -0.25) is 4.90 Å². The van der Waals surface area contributed by atoms with Crippen molar-refractivity contribution in [2.45, 2.75) is 59.5 Å². The number of aryl methyl sites for hydroxylation is 1. The van der Waals surface area contributed by atoms with E-state index >= 15 is 0 Å². The molecular weight excluding hydrogens is 572 g/mol. The predicted octanol–water partition coefficient (Wildman–Crippen LogP) is 8.86. The van der Waals surface area contributed by atoms with Crippen LogP contribution in [0.1, 0.15) is 42.1 Å². The van der Waals surface area contributed by atoms with Crippen molar-refractivity contribution in [3.8, 4) is 39.9 Å². The van der Waals surface area contributed by atoms with Gasteiger partial charge in [0, 0.05) is 37.3 Å². The lowest BCUT2D eigenvalue weighted by atomic mass is 10.1. The van der Waals surface area contributed by atoms with Crippen molar-refractivity contribution in [3.05, 3.63) is 119 Å². The summed E-state index contributed by atoms with van der Waals surface area (Å²) in [6.07, 6.45) is 2.07. The summed E-state index contributed by atoms with van der Waals surface area (Å²) < 4.78 is 43.8. The van der Waals surface area contributed by atoms with Crippen LogP contribution in [0.25, 0.3) is 22.6 Å². The summed E-state index contributed by atoms with van der Waals surface area (Å²) in [7, 11) is 0. The fourth-order valence-electron chi connectivity index (χ4n) is 5.67. The molecule has 0 saturated carbocycles. The number of aromatic nitrogens is 2. The Morgan fingerprint density at radius 3 is 2.27 bits per heavy atom. The molecule has 8 heteroatoms. The number of rotatable bonds is 13. The van der Waals surface area contributed by atoms with Gasteiger partial charge < -0.3 is 18.8 Å². The highest BCUT2D eigenvalue weighted by atomic mass is 19.3. The summed E-state index contributed by atoms with van der Waals surface area (Å²) in [5, 5.41) is 0. The van der Waals surface area contributed by atoms with Gasteiger partial charge in [-0.1, -0.05) is 91.7 Å². The van der Waals surface area contributed by atoms with Crippen molar-refractivity contribution in [1.82, 2.24) is 14.5 Å². The van der Waals surface area contributed by atoms with Crippen molar-refractivity contribution < 1.29 is 23.0 Å². The Labute approximate surface area is 262 Å². The third kappa shape index (κ3) is 7.35. The van der Waals surface area contributed by atoms with E-state index in [0.29, 0.717) is 19.6 Å². The summed E-state index contributed by atoms with van der Waals surface area (Å²) in [5.41, 5.74) is 7.49. The average molecular weight is 610 g/mol. The molecule has 0 N–H and O–H groups in total. The molecule has 0 atom stereocenters. The van der Waals surface area contributed by atoms with Crippen molar-refractivity contribution >= 4 is 0 Å². The van der Waals surface area contributed by atoms with Crippen LogP contribution in [0, 0.1) is 6.92 Å². The second-order valence-electron chi connectivity index (χ2n) is 11.3. The zero-order chi connectivity index (χ0) is 31.2. The second-order valence-corrected chi connectivity index (χ2v) is 11.3. The first kappa shape index (κ1) is 30.3. The molecule has 1 aromatic heterocycles. The highest BCUT2D eigenvalue weighted by Crippen LogP contribution is 2.35. The smallest absolute Gasteiger partial charge is 0.387 e. The average Bonchev–Trinajstić information content (AvgIpc) is 3.66. The second kappa shape index (κ2) is 13.9. The highest BCUT2D eigenvalue weighted by Gasteiger charge is 2.23. The lowest BCUT2D eigenvalue weighted by Gasteiger charge is -2.25. The lowest BCUT2D eigenvalue weighted by molar-refractivity contribution is -0.0498. The van der Waals surface area contributed by atoms with Crippen LogP contribution in [-0.4, -0.2) is 27.9 Å². The van der Waals surface area contributed by atoms with Crippen LogP contribution in [-0.2, 0) is 26.2 Å². The van der Waals surface area contributed by atoms with Crippen LogP contribution in [0.15, 0.2) is 97.1 Å². The van der Waals surface area contributed by atoms with Crippen molar-refractivity contribution in [3.63, 3.8) is 0 Å². The molecule has 0 saturated heterocycles. The number of nitrogens with zero attached hydrogens (tertiary/aromatic N) is 3. The van der Waals surface area contributed by atoms with E-state index in [1.807, 2.05) is 42.5 Å². The van der Waals surface area contributed by atoms with E-state index in [2.05, 4.69) is 70.5 Å². The normalized spacial score (nSPS) is 12.3.